The standard InChI is InChI=1S/C25H19NO4S2/c27-25-21-12-4-3-11-20(21)22(15-23(25)31-16-18-9-6-14-30-18)26-32(28,29)24-13-5-8-17-7-1-2-10-19(17)24/h1-15,26-27H,16H2. The lowest BCUT2D eigenvalue weighted by Gasteiger charge is -2.15. The first kappa shape index (κ1) is 20.5. The Labute approximate surface area is 189 Å². The minimum Gasteiger partial charge on any atom is -0.506 e. The average molecular weight is 462 g/mol. The van der Waals surface area contributed by atoms with Gasteiger partial charge in [-0.05, 0) is 29.7 Å². The maximum absolute atomic E-state index is 13.4. The number of thioether (sulfide) groups is 1. The minimum absolute atomic E-state index is 0.116. The van der Waals surface area contributed by atoms with Crippen molar-refractivity contribution in [1.29, 1.82) is 0 Å². The Hall–Kier alpha value is -3.42. The van der Waals surface area contributed by atoms with E-state index in [0.717, 1.165) is 11.1 Å². The molecule has 0 spiro atoms. The van der Waals surface area contributed by atoms with Crippen LogP contribution in [0.1, 0.15) is 5.76 Å². The van der Waals surface area contributed by atoms with E-state index in [4.69, 9.17) is 4.42 Å². The lowest BCUT2D eigenvalue weighted by atomic mass is 10.1. The van der Waals surface area contributed by atoms with Crippen LogP contribution >= 0.6 is 11.8 Å². The molecule has 4 aromatic carbocycles. The highest BCUT2D eigenvalue weighted by molar-refractivity contribution is 7.98. The predicted molar refractivity (Wildman–Crippen MR) is 129 cm³/mol. The Bertz CT molecular complexity index is 1520. The van der Waals surface area contributed by atoms with E-state index in [1.54, 1.807) is 48.7 Å². The number of phenolic OH excluding ortho intramolecular Hbond substituents is 1. The van der Waals surface area contributed by atoms with Crippen LogP contribution in [0.25, 0.3) is 21.5 Å². The van der Waals surface area contributed by atoms with Crippen LogP contribution in [0.5, 0.6) is 5.75 Å². The van der Waals surface area contributed by atoms with E-state index in [2.05, 4.69) is 4.72 Å². The smallest absolute Gasteiger partial charge is 0.262 e. The van der Waals surface area contributed by atoms with Crippen molar-refractivity contribution < 1.29 is 17.9 Å². The van der Waals surface area contributed by atoms with E-state index in [1.807, 2.05) is 42.5 Å². The normalized spacial score (nSPS) is 11.8. The van der Waals surface area contributed by atoms with Crippen molar-refractivity contribution in [2.24, 2.45) is 0 Å². The third-order valence-electron chi connectivity index (χ3n) is 5.21. The molecule has 0 bridgehead atoms. The van der Waals surface area contributed by atoms with Gasteiger partial charge in [-0.3, -0.25) is 4.72 Å². The second-order valence-corrected chi connectivity index (χ2v) is 9.94. The summed E-state index contributed by atoms with van der Waals surface area (Å²) in [7, 11) is -3.88. The summed E-state index contributed by atoms with van der Waals surface area (Å²) in [6, 6.07) is 25.1. The fraction of sp³-hybridized carbons (Fsp3) is 0.0400. The van der Waals surface area contributed by atoms with Crippen molar-refractivity contribution in [3.63, 3.8) is 0 Å². The van der Waals surface area contributed by atoms with Crippen LogP contribution in [-0.2, 0) is 15.8 Å². The molecule has 32 heavy (non-hydrogen) atoms. The first-order valence-electron chi connectivity index (χ1n) is 9.93. The lowest BCUT2D eigenvalue weighted by Crippen LogP contribution is -2.13. The van der Waals surface area contributed by atoms with E-state index < -0.39 is 10.0 Å². The molecule has 0 amide bonds. The largest absolute Gasteiger partial charge is 0.506 e. The van der Waals surface area contributed by atoms with Gasteiger partial charge in [0, 0.05) is 16.2 Å². The van der Waals surface area contributed by atoms with Crippen LogP contribution in [0.15, 0.2) is 105 Å². The number of phenols is 1. The number of benzene rings is 4. The van der Waals surface area contributed by atoms with Crippen LogP contribution in [0.3, 0.4) is 0 Å². The zero-order valence-electron chi connectivity index (χ0n) is 16.9. The van der Waals surface area contributed by atoms with E-state index in [0.29, 0.717) is 32.5 Å². The van der Waals surface area contributed by atoms with E-state index in [9.17, 15) is 13.5 Å². The van der Waals surface area contributed by atoms with E-state index in [1.165, 1.54) is 11.8 Å². The van der Waals surface area contributed by atoms with E-state index in [-0.39, 0.29) is 10.6 Å². The third-order valence-corrected chi connectivity index (χ3v) is 7.69. The average Bonchev–Trinajstić information content (AvgIpc) is 3.33. The molecule has 0 fully saturated rings. The molecule has 1 heterocycles. The summed E-state index contributed by atoms with van der Waals surface area (Å²) < 4.78 is 34.9. The van der Waals surface area contributed by atoms with Crippen LogP contribution < -0.4 is 4.72 Å². The molecule has 0 unspecified atom stereocenters. The Balaban J connectivity index is 1.59. The van der Waals surface area contributed by atoms with E-state index >= 15 is 0 Å². The summed E-state index contributed by atoms with van der Waals surface area (Å²) >= 11 is 1.38. The number of hydrogen-bond donors (Lipinski definition) is 2. The zero-order chi connectivity index (χ0) is 22.1. The molecule has 0 saturated carbocycles. The molecule has 5 aromatic rings. The van der Waals surface area contributed by atoms with Gasteiger partial charge in [0.05, 0.1) is 27.5 Å². The van der Waals surface area contributed by atoms with Gasteiger partial charge in [0.25, 0.3) is 10.0 Å². The molecule has 0 aliphatic rings. The quantitative estimate of drug-likeness (QED) is 0.226. The first-order valence-corrected chi connectivity index (χ1v) is 12.4. The molecular formula is C25H19NO4S2. The second kappa shape index (κ2) is 8.26. The fourth-order valence-corrected chi connectivity index (χ4v) is 5.91. The van der Waals surface area contributed by atoms with Gasteiger partial charge in [-0.1, -0.05) is 60.7 Å². The summed E-state index contributed by atoms with van der Waals surface area (Å²) in [5.74, 6) is 1.39. The number of hydrogen-bond acceptors (Lipinski definition) is 5. The molecule has 160 valence electrons. The fourth-order valence-electron chi connectivity index (χ4n) is 3.70. The van der Waals surface area contributed by atoms with Crippen LogP contribution in [0.4, 0.5) is 5.69 Å². The summed E-state index contributed by atoms with van der Waals surface area (Å²) in [6.07, 6.45) is 1.60. The Morgan fingerprint density at radius 1 is 0.844 bits per heavy atom. The number of rotatable bonds is 6. The van der Waals surface area contributed by atoms with Crippen molar-refractivity contribution in [1.82, 2.24) is 0 Å². The van der Waals surface area contributed by atoms with Crippen molar-refractivity contribution in [2.45, 2.75) is 15.5 Å². The SMILES string of the molecule is O=S(=O)(Nc1cc(SCc2ccco2)c(O)c2ccccc12)c1cccc2ccccc12. The summed E-state index contributed by atoms with van der Waals surface area (Å²) in [6.45, 7) is 0. The minimum atomic E-state index is -3.88. The third kappa shape index (κ3) is 3.81. The molecule has 0 saturated heterocycles. The van der Waals surface area contributed by atoms with Crippen LogP contribution in [0.2, 0.25) is 0 Å². The molecule has 5 rings (SSSR count). The molecule has 2 N–H and O–H groups in total. The number of aromatic hydroxyl groups is 1. The summed E-state index contributed by atoms with van der Waals surface area (Å²) in [5.41, 5.74) is 0.410. The topological polar surface area (TPSA) is 79.5 Å². The molecule has 5 nitrogen and oxygen atoms in total. The van der Waals surface area contributed by atoms with Gasteiger partial charge in [0.1, 0.15) is 11.5 Å². The molecule has 0 radical (unpaired) electrons. The predicted octanol–water partition coefficient (Wildman–Crippen LogP) is 6.38. The number of anilines is 1. The number of nitrogens with one attached hydrogen (secondary N) is 1. The van der Waals surface area contributed by atoms with Gasteiger partial charge < -0.3 is 9.52 Å². The van der Waals surface area contributed by atoms with Crippen molar-refractivity contribution in [3.05, 3.63) is 97.0 Å². The molecule has 0 aliphatic heterocycles. The molecule has 1 aromatic heterocycles. The highest BCUT2D eigenvalue weighted by Crippen LogP contribution is 2.41. The second-order valence-electron chi connectivity index (χ2n) is 7.27. The van der Waals surface area contributed by atoms with Gasteiger partial charge in [0.15, 0.2) is 0 Å². The monoisotopic (exact) mass is 461 g/mol. The highest BCUT2D eigenvalue weighted by atomic mass is 32.2. The van der Waals surface area contributed by atoms with Gasteiger partial charge in [-0.25, -0.2) is 8.42 Å². The molecule has 7 heteroatoms. The maximum Gasteiger partial charge on any atom is 0.262 e. The van der Waals surface area contributed by atoms with Crippen LogP contribution in [-0.4, -0.2) is 13.5 Å². The van der Waals surface area contributed by atoms with Gasteiger partial charge in [0.2, 0.25) is 0 Å². The van der Waals surface area contributed by atoms with Crippen molar-refractivity contribution in [3.8, 4) is 5.75 Å². The summed E-state index contributed by atoms with van der Waals surface area (Å²) in [5, 5.41) is 13.5. The molecule has 0 aliphatic carbocycles. The molecule has 0 atom stereocenters. The number of fused-ring (bicyclic) bond motifs is 2. The first-order chi connectivity index (χ1) is 15.5. The lowest BCUT2D eigenvalue weighted by molar-refractivity contribution is 0.469. The zero-order valence-corrected chi connectivity index (χ0v) is 18.5. The molecular weight excluding hydrogens is 442 g/mol. The van der Waals surface area contributed by atoms with Crippen molar-refractivity contribution in [2.75, 3.05) is 4.72 Å². The Kier molecular flexibility index (Phi) is 5.28. The van der Waals surface area contributed by atoms with Crippen LogP contribution in [0, 0.1) is 0 Å². The van der Waals surface area contributed by atoms with Gasteiger partial charge in [-0.2, -0.15) is 0 Å². The van der Waals surface area contributed by atoms with Gasteiger partial charge >= 0.3 is 0 Å². The number of sulfonamides is 1. The summed E-state index contributed by atoms with van der Waals surface area (Å²) in [4.78, 5) is 0.772. The Morgan fingerprint density at radius 2 is 1.56 bits per heavy atom. The maximum atomic E-state index is 13.4. The number of furan rings is 1. The van der Waals surface area contributed by atoms with Crippen molar-refractivity contribution >= 4 is 49.0 Å². The highest BCUT2D eigenvalue weighted by Gasteiger charge is 2.20. The van der Waals surface area contributed by atoms with Gasteiger partial charge in [-0.15, -0.1) is 11.8 Å². The Morgan fingerprint density at radius 3 is 2.34 bits per heavy atom.